The zero-order valence-electron chi connectivity index (χ0n) is 13.9. The molecule has 1 fully saturated rings. The number of amides is 1. The number of anilines is 1. The molecule has 1 aromatic rings. The highest BCUT2D eigenvalue weighted by Gasteiger charge is 2.70. The van der Waals surface area contributed by atoms with Crippen LogP contribution in [0.15, 0.2) is 24.3 Å². The molecule has 7 heteroatoms. The molecule has 3 atom stereocenters. The minimum atomic E-state index is -1.14. The van der Waals surface area contributed by atoms with Gasteiger partial charge in [0.25, 0.3) is 0 Å². The van der Waals surface area contributed by atoms with Crippen molar-refractivity contribution in [2.24, 2.45) is 11.8 Å². The Labute approximate surface area is 139 Å². The van der Waals surface area contributed by atoms with E-state index in [0.717, 1.165) is 0 Å². The van der Waals surface area contributed by atoms with Crippen LogP contribution in [0.1, 0.15) is 19.4 Å². The van der Waals surface area contributed by atoms with Crippen LogP contribution in [0.4, 0.5) is 10.5 Å². The Balaban J connectivity index is 2.30. The lowest BCUT2D eigenvalue weighted by Gasteiger charge is -2.35. The van der Waals surface area contributed by atoms with Gasteiger partial charge in [-0.05, 0) is 17.5 Å². The summed E-state index contributed by atoms with van der Waals surface area (Å²) < 4.78 is 15.2. The van der Waals surface area contributed by atoms with E-state index in [0.29, 0.717) is 11.3 Å². The van der Waals surface area contributed by atoms with E-state index in [2.05, 4.69) is 0 Å². The Morgan fingerprint density at radius 3 is 2.46 bits per heavy atom. The van der Waals surface area contributed by atoms with E-state index in [9.17, 15) is 14.4 Å². The van der Waals surface area contributed by atoms with Gasteiger partial charge in [0, 0.05) is 0 Å². The van der Waals surface area contributed by atoms with Gasteiger partial charge in [-0.2, -0.15) is 0 Å². The third-order valence-electron chi connectivity index (χ3n) is 4.98. The van der Waals surface area contributed by atoms with E-state index in [4.69, 9.17) is 14.2 Å². The second kappa shape index (κ2) is 5.51. The van der Waals surface area contributed by atoms with Crippen LogP contribution in [0.2, 0.25) is 0 Å². The summed E-state index contributed by atoms with van der Waals surface area (Å²) in [6, 6.07) is 7.14. The predicted molar refractivity (Wildman–Crippen MR) is 83.2 cm³/mol. The molecule has 1 amide bonds. The number of benzene rings is 1. The van der Waals surface area contributed by atoms with Gasteiger partial charge >= 0.3 is 18.0 Å². The fourth-order valence-electron chi connectivity index (χ4n) is 3.98. The van der Waals surface area contributed by atoms with Crippen molar-refractivity contribution in [3.63, 3.8) is 0 Å². The second-order valence-corrected chi connectivity index (χ2v) is 6.19. The lowest BCUT2D eigenvalue weighted by molar-refractivity contribution is -0.155. The molecule has 0 aromatic heterocycles. The molecule has 2 aliphatic rings. The minimum Gasteiger partial charge on any atom is -0.468 e. The molecule has 0 N–H and O–H groups in total. The number of para-hydroxylation sites is 1. The van der Waals surface area contributed by atoms with Crippen molar-refractivity contribution < 1.29 is 28.6 Å². The molecule has 1 saturated heterocycles. The number of rotatable bonds is 2. The fraction of sp³-hybridized carbons (Fsp3) is 0.471. The summed E-state index contributed by atoms with van der Waals surface area (Å²) in [5.74, 6) is -2.67. The van der Waals surface area contributed by atoms with Gasteiger partial charge in [0.05, 0.1) is 25.3 Å². The normalized spacial score (nSPS) is 27.5. The average Bonchev–Trinajstić information content (AvgIpc) is 3.02. The standard InChI is InChI=1S/C17H19NO6/c1-9(2)17-10-7-5-6-8-11(10)18(16(21)23-4)15(17)24-14(20)12(17)13(19)22-3/h5-9,12,15H,1-4H3/t12-,15-,17+/m1/s1. The molecule has 2 aliphatic heterocycles. The number of esters is 2. The Bertz CT molecular complexity index is 715. The van der Waals surface area contributed by atoms with Crippen molar-refractivity contribution in [3.8, 4) is 0 Å². The van der Waals surface area contributed by atoms with Crippen LogP contribution in [0.25, 0.3) is 0 Å². The average molecular weight is 333 g/mol. The highest BCUT2D eigenvalue weighted by Crippen LogP contribution is 2.58. The highest BCUT2D eigenvalue weighted by atomic mass is 16.6. The molecule has 0 radical (unpaired) electrons. The first-order valence-electron chi connectivity index (χ1n) is 7.66. The van der Waals surface area contributed by atoms with E-state index in [-0.39, 0.29) is 5.92 Å². The van der Waals surface area contributed by atoms with Crippen LogP contribution in [-0.4, -0.2) is 38.5 Å². The van der Waals surface area contributed by atoms with Gasteiger partial charge in [-0.3, -0.25) is 9.59 Å². The maximum absolute atomic E-state index is 12.5. The van der Waals surface area contributed by atoms with Gasteiger partial charge in [-0.15, -0.1) is 0 Å². The van der Waals surface area contributed by atoms with E-state index in [1.54, 1.807) is 18.2 Å². The van der Waals surface area contributed by atoms with Gasteiger partial charge < -0.3 is 14.2 Å². The number of hydrogen-bond acceptors (Lipinski definition) is 6. The molecule has 0 bridgehead atoms. The number of methoxy groups -OCH3 is 2. The SMILES string of the molecule is COC(=O)[C@@H]1C(=O)O[C@H]2N(C(=O)OC)c3ccccc3[C@@]12C(C)C. The van der Waals surface area contributed by atoms with Crippen LogP contribution >= 0.6 is 0 Å². The molecule has 0 spiro atoms. The topological polar surface area (TPSA) is 82.1 Å². The third kappa shape index (κ3) is 1.81. The number of nitrogens with zero attached hydrogens (tertiary/aromatic N) is 1. The van der Waals surface area contributed by atoms with Crippen LogP contribution in [0.3, 0.4) is 0 Å². The van der Waals surface area contributed by atoms with Crippen molar-refractivity contribution in [3.05, 3.63) is 29.8 Å². The zero-order chi connectivity index (χ0) is 17.6. The van der Waals surface area contributed by atoms with Gasteiger partial charge in [0.2, 0.25) is 0 Å². The number of fused-ring (bicyclic) bond motifs is 3. The van der Waals surface area contributed by atoms with Crippen molar-refractivity contribution >= 4 is 23.7 Å². The molecular formula is C17H19NO6. The minimum absolute atomic E-state index is 0.172. The highest BCUT2D eigenvalue weighted by molar-refractivity contribution is 6.03. The summed E-state index contributed by atoms with van der Waals surface area (Å²) >= 11 is 0. The summed E-state index contributed by atoms with van der Waals surface area (Å²) in [4.78, 5) is 38.5. The Kier molecular flexibility index (Phi) is 3.74. The molecular weight excluding hydrogens is 314 g/mol. The maximum Gasteiger partial charge on any atom is 0.417 e. The number of ether oxygens (including phenoxy) is 3. The van der Waals surface area contributed by atoms with E-state index >= 15 is 0 Å². The molecule has 24 heavy (non-hydrogen) atoms. The van der Waals surface area contributed by atoms with Gasteiger partial charge in [0.15, 0.2) is 12.1 Å². The maximum atomic E-state index is 12.5. The number of carbonyl (C=O) groups is 3. The van der Waals surface area contributed by atoms with Gasteiger partial charge in [0.1, 0.15) is 0 Å². The lowest BCUT2D eigenvalue weighted by atomic mass is 9.64. The van der Waals surface area contributed by atoms with E-state index < -0.39 is 35.6 Å². The molecule has 1 aromatic carbocycles. The van der Waals surface area contributed by atoms with Crippen molar-refractivity contribution in [1.82, 2.24) is 0 Å². The van der Waals surface area contributed by atoms with E-state index in [1.165, 1.54) is 19.1 Å². The van der Waals surface area contributed by atoms with Crippen molar-refractivity contribution in [2.75, 3.05) is 19.1 Å². The molecule has 3 rings (SSSR count). The van der Waals surface area contributed by atoms with Crippen LogP contribution in [0, 0.1) is 11.8 Å². The third-order valence-corrected chi connectivity index (χ3v) is 4.98. The smallest absolute Gasteiger partial charge is 0.417 e. The first kappa shape index (κ1) is 16.3. The molecule has 0 unspecified atom stereocenters. The summed E-state index contributed by atoms with van der Waals surface area (Å²) in [6.07, 6.45) is -1.59. The Morgan fingerprint density at radius 2 is 1.88 bits per heavy atom. The lowest BCUT2D eigenvalue weighted by Crippen LogP contribution is -2.52. The second-order valence-electron chi connectivity index (χ2n) is 6.19. The van der Waals surface area contributed by atoms with Crippen molar-refractivity contribution in [1.29, 1.82) is 0 Å². The molecule has 0 saturated carbocycles. The Morgan fingerprint density at radius 1 is 1.21 bits per heavy atom. The molecule has 7 nitrogen and oxygen atoms in total. The van der Waals surface area contributed by atoms with Crippen LogP contribution < -0.4 is 4.90 Å². The number of carbonyl (C=O) groups excluding carboxylic acids is 3. The van der Waals surface area contributed by atoms with Crippen LogP contribution in [-0.2, 0) is 29.2 Å². The fourth-order valence-corrected chi connectivity index (χ4v) is 3.98. The molecule has 2 heterocycles. The summed E-state index contributed by atoms with van der Waals surface area (Å²) in [5, 5.41) is 0. The Hall–Kier alpha value is -2.57. The molecule has 128 valence electrons. The largest absolute Gasteiger partial charge is 0.468 e. The van der Waals surface area contributed by atoms with Gasteiger partial charge in [-0.1, -0.05) is 32.0 Å². The number of hydrogen-bond donors (Lipinski definition) is 0. The summed E-state index contributed by atoms with van der Waals surface area (Å²) in [6.45, 7) is 3.78. The van der Waals surface area contributed by atoms with E-state index in [1.807, 2.05) is 19.9 Å². The quantitative estimate of drug-likeness (QED) is 0.467. The first-order valence-corrected chi connectivity index (χ1v) is 7.66. The summed E-state index contributed by atoms with van der Waals surface area (Å²) in [7, 11) is 2.49. The monoisotopic (exact) mass is 333 g/mol. The molecule has 0 aliphatic carbocycles. The van der Waals surface area contributed by atoms with Crippen LogP contribution in [0.5, 0.6) is 0 Å². The first-order chi connectivity index (χ1) is 11.4. The predicted octanol–water partition coefficient (Wildman–Crippen LogP) is 1.84. The zero-order valence-corrected chi connectivity index (χ0v) is 13.9. The van der Waals surface area contributed by atoms with Gasteiger partial charge in [-0.25, -0.2) is 9.69 Å². The summed E-state index contributed by atoms with van der Waals surface area (Å²) in [5.41, 5.74) is 0.260. The van der Waals surface area contributed by atoms with Crippen molar-refractivity contribution in [2.45, 2.75) is 25.5 Å².